The maximum Gasteiger partial charge on any atom is 0.225 e. The van der Waals surface area contributed by atoms with Crippen molar-refractivity contribution in [3.8, 4) is 0 Å². The molecule has 1 N–H and O–H groups in total. The zero-order chi connectivity index (χ0) is 16.8. The Morgan fingerprint density at radius 3 is 2.83 bits per heavy atom. The van der Waals surface area contributed by atoms with Crippen molar-refractivity contribution in [2.75, 3.05) is 13.2 Å². The Labute approximate surface area is 144 Å². The molecule has 1 amide bonds. The Morgan fingerprint density at radius 1 is 1.33 bits per heavy atom. The molecule has 1 saturated carbocycles. The Morgan fingerprint density at radius 2 is 2.17 bits per heavy atom. The first-order valence-electron chi connectivity index (χ1n) is 9.15. The summed E-state index contributed by atoms with van der Waals surface area (Å²) in [4.78, 5) is 18.9. The molecule has 5 nitrogen and oxygen atoms in total. The molecule has 3 rings (SSSR count). The van der Waals surface area contributed by atoms with E-state index in [4.69, 9.17) is 4.74 Å². The van der Waals surface area contributed by atoms with Gasteiger partial charge in [0.15, 0.2) is 0 Å². The van der Waals surface area contributed by atoms with E-state index < -0.39 is 5.60 Å². The van der Waals surface area contributed by atoms with Crippen molar-refractivity contribution in [3.63, 3.8) is 0 Å². The predicted molar refractivity (Wildman–Crippen MR) is 91.3 cm³/mol. The van der Waals surface area contributed by atoms with Gasteiger partial charge in [-0.15, -0.1) is 0 Å². The third-order valence-electron chi connectivity index (χ3n) is 5.16. The second kappa shape index (κ2) is 8.08. The van der Waals surface area contributed by atoms with Gasteiger partial charge in [0.2, 0.25) is 5.91 Å². The minimum atomic E-state index is -0.820. The summed E-state index contributed by atoms with van der Waals surface area (Å²) in [5.74, 6) is 0.0266. The van der Waals surface area contributed by atoms with Crippen molar-refractivity contribution in [2.24, 2.45) is 0 Å². The topological polar surface area (TPSA) is 62.7 Å². The molecule has 132 valence electrons. The van der Waals surface area contributed by atoms with Crippen LogP contribution in [-0.4, -0.2) is 45.8 Å². The maximum absolute atomic E-state index is 12.9. The van der Waals surface area contributed by atoms with E-state index in [0.717, 1.165) is 57.1 Å². The van der Waals surface area contributed by atoms with E-state index in [2.05, 4.69) is 4.98 Å². The molecule has 5 heteroatoms. The fourth-order valence-corrected chi connectivity index (χ4v) is 3.78. The SMILES string of the molecule is O=C(CC1(O)CCCCC1)N(Cc1cccnc1)CC1CCCO1. The van der Waals surface area contributed by atoms with Crippen LogP contribution in [0.4, 0.5) is 0 Å². The van der Waals surface area contributed by atoms with Gasteiger partial charge >= 0.3 is 0 Å². The van der Waals surface area contributed by atoms with Crippen LogP contribution in [-0.2, 0) is 16.1 Å². The number of hydrogen-bond donors (Lipinski definition) is 1. The lowest BCUT2D eigenvalue weighted by Gasteiger charge is -2.34. The van der Waals surface area contributed by atoms with Gasteiger partial charge in [-0.3, -0.25) is 9.78 Å². The van der Waals surface area contributed by atoms with Gasteiger partial charge in [-0.25, -0.2) is 0 Å². The molecule has 0 radical (unpaired) electrons. The van der Waals surface area contributed by atoms with E-state index in [9.17, 15) is 9.90 Å². The number of aromatic nitrogens is 1. The first kappa shape index (κ1) is 17.4. The molecule has 0 spiro atoms. The number of nitrogens with zero attached hydrogens (tertiary/aromatic N) is 2. The normalized spacial score (nSPS) is 23.1. The minimum absolute atomic E-state index is 0.0266. The van der Waals surface area contributed by atoms with Crippen LogP contribution in [0.25, 0.3) is 0 Å². The summed E-state index contributed by atoms with van der Waals surface area (Å²) in [7, 11) is 0. The zero-order valence-electron chi connectivity index (χ0n) is 14.3. The summed E-state index contributed by atoms with van der Waals surface area (Å²) in [5.41, 5.74) is 0.193. The van der Waals surface area contributed by atoms with Crippen molar-refractivity contribution in [1.29, 1.82) is 0 Å². The van der Waals surface area contributed by atoms with Gasteiger partial charge in [-0.1, -0.05) is 25.3 Å². The zero-order valence-corrected chi connectivity index (χ0v) is 14.3. The van der Waals surface area contributed by atoms with Crippen LogP contribution >= 0.6 is 0 Å². The molecule has 1 aliphatic carbocycles. The smallest absolute Gasteiger partial charge is 0.225 e. The third kappa shape index (κ3) is 4.77. The van der Waals surface area contributed by atoms with Gasteiger partial charge in [0.05, 0.1) is 18.1 Å². The van der Waals surface area contributed by atoms with Gasteiger partial charge in [0, 0.05) is 32.1 Å². The highest BCUT2D eigenvalue weighted by molar-refractivity contribution is 5.77. The molecule has 1 aromatic rings. The number of carbonyl (C=O) groups excluding carboxylic acids is 1. The first-order chi connectivity index (χ1) is 11.6. The molecule has 1 saturated heterocycles. The number of amides is 1. The van der Waals surface area contributed by atoms with Crippen LogP contribution < -0.4 is 0 Å². The molecular formula is C19H28N2O3. The van der Waals surface area contributed by atoms with Gasteiger partial charge < -0.3 is 14.7 Å². The Kier molecular flexibility index (Phi) is 5.85. The minimum Gasteiger partial charge on any atom is -0.389 e. The van der Waals surface area contributed by atoms with Crippen LogP contribution in [0.3, 0.4) is 0 Å². The molecule has 1 aliphatic heterocycles. The first-order valence-corrected chi connectivity index (χ1v) is 9.15. The summed E-state index contributed by atoms with van der Waals surface area (Å²) >= 11 is 0. The van der Waals surface area contributed by atoms with Crippen molar-refractivity contribution in [3.05, 3.63) is 30.1 Å². The van der Waals surface area contributed by atoms with E-state index in [0.29, 0.717) is 13.1 Å². The number of hydrogen-bond acceptors (Lipinski definition) is 4. The standard InChI is InChI=1S/C19H28N2O3/c22-18(12-19(23)8-2-1-3-9-19)21(15-17-7-5-11-24-17)14-16-6-4-10-20-13-16/h4,6,10,13,17,23H,1-3,5,7-9,11-12,14-15H2. The average molecular weight is 332 g/mol. The maximum atomic E-state index is 12.9. The fourth-order valence-electron chi connectivity index (χ4n) is 3.78. The summed E-state index contributed by atoms with van der Waals surface area (Å²) < 4.78 is 5.71. The molecule has 1 unspecified atom stereocenters. The quantitative estimate of drug-likeness (QED) is 0.870. The van der Waals surface area contributed by atoms with Crippen LogP contribution in [0.2, 0.25) is 0 Å². The molecule has 24 heavy (non-hydrogen) atoms. The number of aliphatic hydroxyl groups is 1. The second-order valence-electron chi connectivity index (χ2n) is 7.23. The summed E-state index contributed by atoms with van der Waals surface area (Å²) in [6, 6.07) is 3.87. The molecule has 1 aromatic heterocycles. The Balaban J connectivity index is 1.66. The Hall–Kier alpha value is -1.46. The highest BCUT2D eigenvalue weighted by atomic mass is 16.5. The Bertz CT molecular complexity index is 523. The van der Waals surface area contributed by atoms with Gasteiger partial charge in [-0.05, 0) is 37.3 Å². The molecule has 2 heterocycles. The van der Waals surface area contributed by atoms with Crippen LogP contribution in [0.1, 0.15) is 56.9 Å². The molecule has 2 fully saturated rings. The lowest BCUT2D eigenvalue weighted by molar-refractivity contribution is -0.140. The van der Waals surface area contributed by atoms with Gasteiger partial charge in [-0.2, -0.15) is 0 Å². The largest absolute Gasteiger partial charge is 0.389 e. The average Bonchev–Trinajstić information content (AvgIpc) is 3.08. The lowest BCUT2D eigenvalue weighted by Crippen LogP contribution is -2.43. The van der Waals surface area contributed by atoms with Crippen molar-refractivity contribution in [2.45, 2.75) is 69.6 Å². The second-order valence-corrected chi connectivity index (χ2v) is 7.23. The molecule has 1 atom stereocenters. The van der Waals surface area contributed by atoms with E-state index in [-0.39, 0.29) is 18.4 Å². The monoisotopic (exact) mass is 332 g/mol. The summed E-state index contributed by atoms with van der Waals surface area (Å²) in [5, 5.41) is 10.7. The summed E-state index contributed by atoms with van der Waals surface area (Å²) in [6.07, 6.45) is 10.6. The molecule has 0 aromatic carbocycles. The van der Waals surface area contributed by atoms with Gasteiger partial charge in [0.1, 0.15) is 0 Å². The third-order valence-corrected chi connectivity index (χ3v) is 5.16. The predicted octanol–water partition coefficient (Wildman–Crippen LogP) is 2.67. The van der Waals surface area contributed by atoms with Gasteiger partial charge in [0.25, 0.3) is 0 Å². The molecule has 2 aliphatic rings. The number of ether oxygens (including phenoxy) is 1. The molecular weight excluding hydrogens is 304 g/mol. The number of carbonyl (C=O) groups is 1. The lowest BCUT2D eigenvalue weighted by atomic mass is 9.82. The number of pyridine rings is 1. The highest BCUT2D eigenvalue weighted by Crippen LogP contribution is 2.31. The van der Waals surface area contributed by atoms with E-state index >= 15 is 0 Å². The van der Waals surface area contributed by atoms with Crippen LogP contribution in [0.15, 0.2) is 24.5 Å². The van der Waals surface area contributed by atoms with E-state index in [1.165, 1.54) is 0 Å². The highest BCUT2D eigenvalue weighted by Gasteiger charge is 2.34. The van der Waals surface area contributed by atoms with E-state index in [1.54, 1.807) is 12.4 Å². The van der Waals surface area contributed by atoms with Crippen LogP contribution in [0, 0.1) is 0 Å². The summed E-state index contributed by atoms with van der Waals surface area (Å²) in [6.45, 7) is 1.91. The fraction of sp³-hybridized carbons (Fsp3) is 0.684. The van der Waals surface area contributed by atoms with Crippen molar-refractivity contribution < 1.29 is 14.6 Å². The van der Waals surface area contributed by atoms with Crippen molar-refractivity contribution in [1.82, 2.24) is 9.88 Å². The number of rotatable bonds is 6. The molecule has 0 bridgehead atoms. The van der Waals surface area contributed by atoms with E-state index in [1.807, 2.05) is 17.0 Å². The van der Waals surface area contributed by atoms with Crippen molar-refractivity contribution >= 4 is 5.91 Å². The van der Waals surface area contributed by atoms with Crippen LogP contribution in [0.5, 0.6) is 0 Å².